The van der Waals surface area contributed by atoms with E-state index in [0.717, 1.165) is 24.3 Å². The molecule has 0 aliphatic carbocycles. The van der Waals surface area contributed by atoms with Gasteiger partial charge in [-0.1, -0.05) is 36.3 Å². The lowest BCUT2D eigenvalue weighted by Gasteiger charge is -2.00. The van der Waals surface area contributed by atoms with Crippen molar-refractivity contribution in [2.24, 2.45) is 0 Å². The molecule has 0 aromatic carbocycles. The number of carbonyl (C=O) groups excluding carboxylic acids is 2. The average Bonchev–Trinajstić information content (AvgIpc) is 3.11. The van der Waals surface area contributed by atoms with Gasteiger partial charge in [0.1, 0.15) is 5.01 Å². The fourth-order valence-electron chi connectivity index (χ4n) is 1.73. The lowest BCUT2D eigenvalue weighted by atomic mass is 10.2. The number of aryl methyl sites for hydroxylation is 1. The van der Waals surface area contributed by atoms with Crippen LogP contribution >= 0.6 is 34.3 Å². The number of anilines is 1. The zero-order chi connectivity index (χ0) is 15.9. The van der Waals surface area contributed by atoms with E-state index >= 15 is 0 Å². The maximum absolute atomic E-state index is 11.9. The summed E-state index contributed by atoms with van der Waals surface area (Å²) in [5.41, 5.74) is 0. The van der Waals surface area contributed by atoms with Crippen LogP contribution in [0.2, 0.25) is 4.34 Å². The summed E-state index contributed by atoms with van der Waals surface area (Å²) in [5.74, 6) is -0.304. The second kappa shape index (κ2) is 8.36. The van der Waals surface area contributed by atoms with Gasteiger partial charge in [-0.2, -0.15) is 0 Å². The highest BCUT2D eigenvalue weighted by Crippen LogP contribution is 2.23. The topological polar surface area (TPSA) is 72.0 Å². The van der Waals surface area contributed by atoms with Gasteiger partial charge in [-0.05, 0) is 18.6 Å². The molecule has 2 rings (SSSR count). The van der Waals surface area contributed by atoms with Gasteiger partial charge in [-0.15, -0.1) is 21.5 Å². The van der Waals surface area contributed by atoms with Crippen LogP contribution in [0.5, 0.6) is 0 Å². The molecule has 0 bridgehead atoms. The highest BCUT2D eigenvalue weighted by Gasteiger charge is 2.13. The molecule has 0 fully saturated rings. The van der Waals surface area contributed by atoms with E-state index in [1.807, 2.05) is 0 Å². The molecule has 22 heavy (non-hydrogen) atoms. The van der Waals surface area contributed by atoms with E-state index in [-0.39, 0.29) is 24.5 Å². The van der Waals surface area contributed by atoms with Crippen molar-refractivity contribution in [3.8, 4) is 0 Å². The Hall–Kier alpha value is -1.31. The molecule has 2 aromatic rings. The molecule has 0 aliphatic rings. The smallest absolute Gasteiger partial charge is 0.226 e. The SMILES string of the molecule is CCCCc1nnc(NC(=O)CCC(=O)c2ccc(Cl)s2)s1. The summed E-state index contributed by atoms with van der Waals surface area (Å²) >= 11 is 8.39. The molecule has 2 aromatic heterocycles. The number of nitrogens with one attached hydrogen (secondary N) is 1. The summed E-state index contributed by atoms with van der Waals surface area (Å²) < 4.78 is 0.571. The van der Waals surface area contributed by atoms with Crippen LogP contribution in [0.4, 0.5) is 5.13 Å². The second-order valence-corrected chi connectivity index (χ2v) is 7.46. The predicted octanol–water partition coefficient (Wildman–Crippen LogP) is 4.20. The highest BCUT2D eigenvalue weighted by molar-refractivity contribution is 7.18. The number of hydrogen-bond donors (Lipinski definition) is 1. The first-order valence-electron chi connectivity index (χ1n) is 6.99. The average molecular weight is 358 g/mol. The van der Waals surface area contributed by atoms with E-state index in [9.17, 15) is 9.59 Å². The summed E-state index contributed by atoms with van der Waals surface area (Å²) in [5, 5.41) is 12.0. The molecule has 0 unspecified atom stereocenters. The Balaban J connectivity index is 1.78. The molecular weight excluding hydrogens is 342 g/mol. The van der Waals surface area contributed by atoms with Gasteiger partial charge in [0, 0.05) is 19.3 Å². The molecule has 5 nitrogen and oxygen atoms in total. The largest absolute Gasteiger partial charge is 0.301 e. The van der Waals surface area contributed by atoms with Crippen molar-refractivity contribution in [3.05, 3.63) is 26.4 Å². The second-order valence-electron chi connectivity index (χ2n) is 4.68. The predicted molar refractivity (Wildman–Crippen MR) is 90.0 cm³/mol. The van der Waals surface area contributed by atoms with Crippen molar-refractivity contribution < 1.29 is 9.59 Å². The van der Waals surface area contributed by atoms with Gasteiger partial charge < -0.3 is 5.32 Å². The quantitative estimate of drug-likeness (QED) is 0.719. The van der Waals surface area contributed by atoms with Crippen molar-refractivity contribution in [3.63, 3.8) is 0 Å². The van der Waals surface area contributed by atoms with Crippen LogP contribution in [0.1, 0.15) is 47.3 Å². The maximum atomic E-state index is 11.9. The third-order valence-corrected chi connectivity index (χ3v) is 5.06. The summed E-state index contributed by atoms with van der Waals surface area (Å²) in [7, 11) is 0. The molecule has 2 heterocycles. The molecule has 0 spiro atoms. The summed E-state index contributed by atoms with van der Waals surface area (Å²) in [6, 6.07) is 3.36. The van der Waals surface area contributed by atoms with Crippen molar-refractivity contribution >= 4 is 51.1 Å². The van der Waals surface area contributed by atoms with E-state index in [1.165, 1.54) is 22.7 Å². The van der Waals surface area contributed by atoms with Gasteiger partial charge >= 0.3 is 0 Å². The zero-order valence-corrected chi connectivity index (χ0v) is 14.5. The van der Waals surface area contributed by atoms with Gasteiger partial charge in [0.2, 0.25) is 11.0 Å². The Bertz CT molecular complexity index is 654. The van der Waals surface area contributed by atoms with Gasteiger partial charge in [0.15, 0.2) is 5.78 Å². The Labute approximate surface area is 141 Å². The third kappa shape index (κ3) is 5.15. The Morgan fingerprint density at radius 1 is 1.23 bits per heavy atom. The summed E-state index contributed by atoms with van der Waals surface area (Å²) in [6.45, 7) is 2.11. The van der Waals surface area contributed by atoms with Crippen LogP contribution in [0.15, 0.2) is 12.1 Å². The van der Waals surface area contributed by atoms with Crippen LogP contribution in [-0.2, 0) is 11.2 Å². The Kier molecular flexibility index (Phi) is 6.48. The van der Waals surface area contributed by atoms with E-state index in [2.05, 4.69) is 22.4 Å². The first kappa shape index (κ1) is 17.1. The first-order valence-corrected chi connectivity index (χ1v) is 9.00. The number of unbranched alkanes of at least 4 members (excludes halogenated alkanes) is 1. The Morgan fingerprint density at radius 3 is 2.73 bits per heavy atom. The van der Waals surface area contributed by atoms with Crippen molar-refractivity contribution in [1.29, 1.82) is 0 Å². The van der Waals surface area contributed by atoms with E-state index in [1.54, 1.807) is 12.1 Å². The number of nitrogens with zero attached hydrogens (tertiary/aromatic N) is 2. The van der Waals surface area contributed by atoms with Crippen molar-refractivity contribution in [1.82, 2.24) is 10.2 Å². The number of amides is 1. The zero-order valence-electron chi connectivity index (χ0n) is 12.1. The molecule has 0 atom stereocenters. The molecule has 1 N–H and O–H groups in total. The fourth-order valence-corrected chi connectivity index (χ4v) is 3.54. The van der Waals surface area contributed by atoms with E-state index in [4.69, 9.17) is 11.6 Å². The molecule has 0 saturated carbocycles. The third-order valence-electron chi connectivity index (χ3n) is 2.88. The maximum Gasteiger partial charge on any atom is 0.226 e. The van der Waals surface area contributed by atoms with Crippen LogP contribution in [0, 0.1) is 0 Å². The van der Waals surface area contributed by atoms with Crippen molar-refractivity contribution in [2.75, 3.05) is 5.32 Å². The number of rotatable bonds is 8. The van der Waals surface area contributed by atoms with Crippen LogP contribution in [-0.4, -0.2) is 21.9 Å². The lowest BCUT2D eigenvalue weighted by molar-refractivity contribution is -0.116. The number of thiophene rings is 1. The molecule has 0 saturated heterocycles. The lowest BCUT2D eigenvalue weighted by Crippen LogP contribution is -2.13. The number of hydrogen-bond acceptors (Lipinski definition) is 6. The number of Topliss-reactive ketones (excluding diaryl/α,β-unsaturated/α-hetero) is 1. The minimum absolute atomic E-state index is 0.0760. The fraction of sp³-hybridized carbons (Fsp3) is 0.429. The van der Waals surface area contributed by atoms with E-state index < -0.39 is 0 Å². The molecule has 0 radical (unpaired) electrons. The first-order chi connectivity index (χ1) is 10.6. The molecule has 0 aliphatic heterocycles. The van der Waals surface area contributed by atoms with Crippen molar-refractivity contribution in [2.45, 2.75) is 39.0 Å². The van der Waals surface area contributed by atoms with E-state index in [0.29, 0.717) is 14.3 Å². The molecule has 118 valence electrons. The Morgan fingerprint density at radius 2 is 2.05 bits per heavy atom. The number of aromatic nitrogens is 2. The molecular formula is C14H16ClN3O2S2. The van der Waals surface area contributed by atoms with Gasteiger partial charge in [0.25, 0.3) is 0 Å². The van der Waals surface area contributed by atoms with Crippen LogP contribution in [0.25, 0.3) is 0 Å². The standard InChI is InChI=1S/C14H16ClN3O2S2/c1-2-3-4-13-17-18-14(22-13)16-12(20)8-5-9(19)10-6-7-11(15)21-10/h6-7H,2-5,8H2,1H3,(H,16,18,20). The number of halogens is 1. The van der Waals surface area contributed by atoms with Gasteiger partial charge in [-0.25, -0.2) is 0 Å². The minimum atomic E-state index is -0.228. The summed E-state index contributed by atoms with van der Waals surface area (Å²) in [6.07, 6.45) is 3.31. The van der Waals surface area contributed by atoms with Crippen LogP contribution in [0.3, 0.4) is 0 Å². The molecule has 8 heteroatoms. The normalized spacial score (nSPS) is 10.6. The highest BCUT2D eigenvalue weighted by atomic mass is 35.5. The number of carbonyl (C=O) groups is 2. The van der Waals surface area contributed by atoms with Crippen LogP contribution < -0.4 is 5.32 Å². The number of ketones is 1. The van der Waals surface area contributed by atoms with Gasteiger partial charge in [-0.3, -0.25) is 9.59 Å². The minimum Gasteiger partial charge on any atom is -0.301 e. The monoisotopic (exact) mass is 357 g/mol. The summed E-state index contributed by atoms with van der Waals surface area (Å²) in [4.78, 5) is 24.3. The molecule has 1 amide bonds. The van der Waals surface area contributed by atoms with Gasteiger partial charge in [0.05, 0.1) is 9.21 Å².